The fourth-order valence-corrected chi connectivity index (χ4v) is 4.69. The molecule has 2 amide bonds. The van der Waals surface area contributed by atoms with E-state index in [2.05, 4.69) is 10.3 Å². The van der Waals surface area contributed by atoms with Crippen molar-refractivity contribution in [3.8, 4) is 5.75 Å². The van der Waals surface area contributed by atoms with Gasteiger partial charge in [0.25, 0.3) is 5.91 Å². The van der Waals surface area contributed by atoms with Gasteiger partial charge >= 0.3 is 0 Å². The number of carbonyl (C=O) groups excluding carboxylic acids is 3. The van der Waals surface area contributed by atoms with Crippen molar-refractivity contribution in [3.05, 3.63) is 80.8 Å². The number of rotatable bonds is 8. The summed E-state index contributed by atoms with van der Waals surface area (Å²) in [5.41, 5.74) is 5.70. The van der Waals surface area contributed by atoms with Crippen LogP contribution in [0.15, 0.2) is 47.3 Å². The summed E-state index contributed by atoms with van der Waals surface area (Å²) >= 11 is 1.58. The van der Waals surface area contributed by atoms with Crippen molar-refractivity contribution in [2.45, 2.75) is 39.8 Å². The van der Waals surface area contributed by atoms with Crippen LogP contribution in [0, 0.1) is 6.92 Å². The number of ketones is 1. The lowest BCUT2D eigenvalue weighted by Gasteiger charge is -2.30. The number of Topliss-reactive ketones (excluding diaryl/α,β-unsaturated/α-hetero) is 1. The average molecular weight is 478 g/mol. The Bertz CT molecular complexity index is 1190. The molecule has 0 bridgehead atoms. The van der Waals surface area contributed by atoms with E-state index in [-0.39, 0.29) is 24.2 Å². The van der Waals surface area contributed by atoms with Crippen molar-refractivity contribution < 1.29 is 19.1 Å². The summed E-state index contributed by atoms with van der Waals surface area (Å²) < 4.78 is 5.63. The molecule has 34 heavy (non-hydrogen) atoms. The molecule has 176 valence electrons. The predicted molar refractivity (Wildman–Crippen MR) is 130 cm³/mol. The molecular weight excluding hydrogens is 450 g/mol. The topological polar surface area (TPSA) is 88.6 Å². The average Bonchev–Trinajstić information content (AvgIpc) is 3.34. The third-order valence-electron chi connectivity index (χ3n) is 5.98. The predicted octanol–water partition coefficient (Wildman–Crippen LogP) is 3.48. The first kappa shape index (κ1) is 23.6. The lowest BCUT2D eigenvalue weighted by molar-refractivity contribution is -0.134. The molecular formula is C26H27N3O4S. The van der Waals surface area contributed by atoms with E-state index in [4.69, 9.17) is 4.74 Å². The second-order valence-electron chi connectivity index (χ2n) is 8.35. The van der Waals surface area contributed by atoms with Crippen molar-refractivity contribution in [2.75, 3.05) is 13.2 Å². The number of thiophene rings is 1. The summed E-state index contributed by atoms with van der Waals surface area (Å²) in [5.74, 6) is 0.414. The summed E-state index contributed by atoms with van der Waals surface area (Å²) in [6.45, 7) is 4.86. The lowest BCUT2D eigenvalue weighted by atomic mass is 9.95. The second kappa shape index (κ2) is 10.6. The molecule has 0 fully saturated rings. The molecule has 0 radical (unpaired) electrons. The Morgan fingerprint density at radius 2 is 1.97 bits per heavy atom. The Morgan fingerprint density at radius 3 is 2.68 bits per heavy atom. The number of benzene rings is 1. The van der Waals surface area contributed by atoms with Crippen molar-refractivity contribution in [1.82, 2.24) is 15.2 Å². The van der Waals surface area contributed by atoms with Crippen molar-refractivity contribution in [1.29, 1.82) is 0 Å². The zero-order valence-corrected chi connectivity index (χ0v) is 20.1. The molecule has 7 nitrogen and oxygen atoms in total. The molecule has 0 saturated heterocycles. The van der Waals surface area contributed by atoms with Gasteiger partial charge in [-0.1, -0.05) is 0 Å². The van der Waals surface area contributed by atoms with E-state index in [9.17, 15) is 14.4 Å². The van der Waals surface area contributed by atoms with Crippen LogP contribution >= 0.6 is 11.3 Å². The Morgan fingerprint density at radius 1 is 1.18 bits per heavy atom. The molecule has 1 aliphatic rings. The summed E-state index contributed by atoms with van der Waals surface area (Å²) in [4.78, 5) is 42.7. The maximum atomic E-state index is 12.7. The van der Waals surface area contributed by atoms with Gasteiger partial charge in [0.15, 0.2) is 12.4 Å². The molecule has 2 aromatic heterocycles. The van der Waals surface area contributed by atoms with Gasteiger partial charge in [-0.25, -0.2) is 0 Å². The quantitative estimate of drug-likeness (QED) is 0.502. The number of aryl methyl sites for hydroxylation is 1. The number of carbonyl (C=O) groups is 3. The first-order valence-corrected chi connectivity index (χ1v) is 12.1. The molecule has 0 spiro atoms. The van der Waals surface area contributed by atoms with Crippen LogP contribution in [0.25, 0.3) is 0 Å². The smallest absolute Gasteiger partial charge is 0.260 e. The number of hydrogen-bond acceptors (Lipinski definition) is 6. The Kier molecular flexibility index (Phi) is 7.37. The number of nitrogens with zero attached hydrogens (tertiary/aromatic N) is 2. The number of ether oxygens (including phenoxy) is 1. The highest BCUT2D eigenvalue weighted by molar-refractivity contribution is 7.08. The minimum Gasteiger partial charge on any atom is -0.484 e. The lowest BCUT2D eigenvalue weighted by Crippen LogP contribution is -2.39. The van der Waals surface area contributed by atoms with Crippen LogP contribution in [0.2, 0.25) is 0 Å². The molecule has 3 heterocycles. The molecule has 3 aromatic rings. The van der Waals surface area contributed by atoms with Crippen LogP contribution < -0.4 is 10.1 Å². The van der Waals surface area contributed by atoms with Crippen molar-refractivity contribution in [3.63, 3.8) is 0 Å². The highest BCUT2D eigenvalue weighted by Crippen LogP contribution is 2.24. The highest BCUT2D eigenvalue weighted by atomic mass is 32.1. The van der Waals surface area contributed by atoms with E-state index in [1.807, 2.05) is 29.9 Å². The van der Waals surface area contributed by atoms with Crippen molar-refractivity contribution in [2.24, 2.45) is 0 Å². The maximum Gasteiger partial charge on any atom is 0.260 e. The van der Waals surface area contributed by atoms with E-state index in [0.29, 0.717) is 43.8 Å². The number of pyridine rings is 1. The van der Waals surface area contributed by atoms with E-state index in [1.165, 1.54) is 6.92 Å². The standard InChI is InChI=1S/C26H27N3O4S/c1-17-24(13-28-25(31)11-19-8-10-34-16-19)23-7-9-29(14-21(23)12-27-17)26(32)15-33-22-5-3-20(4-6-22)18(2)30/h3-6,8,10,12,16H,7,9,11,13-15H2,1-2H3,(H,28,31). The summed E-state index contributed by atoms with van der Waals surface area (Å²) in [6.07, 6.45) is 2.89. The van der Waals surface area contributed by atoms with E-state index in [1.54, 1.807) is 40.5 Å². The Balaban J connectivity index is 1.35. The maximum absolute atomic E-state index is 12.7. The molecule has 0 saturated carbocycles. The highest BCUT2D eigenvalue weighted by Gasteiger charge is 2.24. The Hall–Kier alpha value is -3.52. The largest absolute Gasteiger partial charge is 0.484 e. The van der Waals surface area contributed by atoms with E-state index < -0.39 is 0 Å². The monoisotopic (exact) mass is 477 g/mol. The van der Waals surface area contributed by atoms with Gasteiger partial charge in [0.05, 0.1) is 6.42 Å². The minimum atomic E-state index is -0.104. The number of fused-ring (bicyclic) bond motifs is 1. The summed E-state index contributed by atoms with van der Waals surface area (Å²) in [6, 6.07) is 8.72. The SMILES string of the molecule is CC(=O)c1ccc(OCC(=O)N2CCc3c(cnc(C)c3CNC(=O)Cc3ccsc3)C2)cc1. The van der Waals surface area contributed by atoms with Gasteiger partial charge in [0.1, 0.15) is 5.75 Å². The van der Waals surface area contributed by atoms with Gasteiger partial charge in [0, 0.05) is 37.1 Å². The van der Waals surface area contributed by atoms with Crippen LogP contribution in [0.1, 0.15) is 45.2 Å². The minimum absolute atomic E-state index is 0.0140. The van der Waals surface area contributed by atoms with Crippen LogP contribution in [-0.4, -0.2) is 40.6 Å². The van der Waals surface area contributed by atoms with E-state index in [0.717, 1.165) is 27.9 Å². The first-order valence-electron chi connectivity index (χ1n) is 11.2. The van der Waals surface area contributed by atoms with Gasteiger partial charge in [-0.05, 0) is 83.6 Å². The molecule has 0 aliphatic carbocycles. The molecule has 4 rings (SSSR count). The van der Waals surface area contributed by atoms with E-state index >= 15 is 0 Å². The molecule has 0 atom stereocenters. The fourth-order valence-electron chi connectivity index (χ4n) is 4.02. The summed E-state index contributed by atoms with van der Waals surface area (Å²) in [7, 11) is 0. The van der Waals surface area contributed by atoms with Gasteiger partial charge in [-0.15, -0.1) is 0 Å². The van der Waals surface area contributed by atoms with Gasteiger partial charge in [-0.2, -0.15) is 11.3 Å². The van der Waals surface area contributed by atoms with Crippen molar-refractivity contribution >= 4 is 28.9 Å². The first-order chi connectivity index (χ1) is 16.4. The molecule has 8 heteroatoms. The normalized spacial score (nSPS) is 12.7. The van der Waals surface area contributed by atoms with Crippen LogP contribution in [0.4, 0.5) is 0 Å². The third-order valence-corrected chi connectivity index (χ3v) is 6.71. The Labute approximate surface area is 202 Å². The molecule has 1 aliphatic heterocycles. The zero-order chi connectivity index (χ0) is 24.1. The molecule has 0 unspecified atom stereocenters. The number of nitrogens with one attached hydrogen (secondary N) is 1. The fraction of sp³-hybridized carbons (Fsp3) is 0.308. The van der Waals surface area contributed by atoms with Crippen LogP contribution in [-0.2, 0) is 35.5 Å². The number of amides is 2. The summed E-state index contributed by atoms with van der Waals surface area (Å²) in [5, 5.41) is 6.96. The number of aromatic nitrogens is 1. The second-order valence-corrected chi connectivity index (χ2v) is 9.13. The zero-order valence-electron chi connectivity index (χ0n) is 19.3. The third kappa shape index (κ3) is 5.69. The van der Waals surface area contributed by atoms with Gasteiger partial charge in [0.2, 0.25) is 5.91 Å². The number of hydrogen-bond donors (Lipinski definition) is 1. The molecule has 1 N–H and O–H groups in total. The van der Waals surface area contributed by atoms with Gasteiger partial charge < -0.3 is 15.0 Å². The van der Waals surface area contributed by atoms with Crippen LogP contribution in [0.5, 0.6) is 5.75 Å². The van der Waals surface area contributed by atoms with Gasteiger partial charge in [-0.3, -0.25) is 19.4 Å². The molecule has 1 aromatic carbocycles. The van der Waals surface area contributed by atoms with Crippen LogP contribution in [0.3, 0.4) is 0 Å².